The summed E-state index contributed by atoms with van der Waals surface area (Å²) in [4.78, 5) is 28.4. The zero-order chi connectivity index (χ0) is 18.3. The van der Waals surface area contributed by atoms with Gasteiger partial charge in [0.2, 0.25) is 0 Å². The Morgan fingerprint density at radius 3 is 2.65 bits per heavy atom. The lowest BCUT2D eigenvalue weighted by molar-refractivity contribution is -0.136. The van der Waals surface area contributed by atoms with Gasteiger partial charge in [0.1, 0.15) is 5.01 Å². The first kappa shape index (κ1) is 16.7. The van der Waals surface area contributed by atoms with E-state index in [4.69, 9.17) is 16.7 Å². The molecule has 4 rings (SSSR count). The summed E-state index contributed by atoms with van der Waals surface area (Å²) in [6, 6.07) is 12.4. The van der Waals surface area contributed by atoms with E-state index >= 15 is 0 Å². The third-order valence-electron chi connectivity index (χ3n) is 3.96. The van der Waals surface area contributed by atoms with E-state index in [0.717, 1.165) is 10.2 Å². The van der Waals surface area contributed by atoms with Crippen LogP contribution in [0.5, 0.6) is 0 Å². The Morgan fingerprint density at radius 2 is 1.92 bits per heavy atom. The van der Waals surface area contributed by atoms with Crippen LogP contribution in [0.4, 0.5) is 0 Å². The van der Waals surface area contributed by atoms with Crippen molar-refractivity contribution < 1.29 is 9.90 Å². The Bertz CT molecular complexity index is 1220. The SMILES string of the molecule is O=C(O)Cc1nn(Cc2nc3cccc(Cl)c3s2)c(=O)c2ccccc12. The summed E-state index contributed by atoms with van der Waals surface area (Å²) in [7, 11) is 0. The second-order valence-electron chi connectivity index (χ2n) is 5.72. The number of thiazole rings is 1. The van der Waals surface area contributed by atoms with Gasteiger partial charge in [-0.05, 0) is 18.2 Å². The largest absolute Gasteiger partial charge is 0.481 e. The summed E-state index contributed by atoms with van der Waals surface area (Å²) in [6.07, 6.45) is -0.257. The molecule has 0 spiro atoms. The Morgan fingerprint density at radius 1 is 1.15 bits per heavy atom. The Hall–Kier alpha value is -2.77. The molecule has 0 aliphatic rings. The molecule has 8 heteroatoms. The van der Waals surface area contributed by atoms with Crippen LogP contribution >= 0.6 is 22.9 Å². The maximum Gasteiger partial charge on any atom is 0.309 e. The lowest BCUT2D eigenvalue weighted by atomic mass is 10.1. The zero-order valence-electron chi connectivity index (χ0n) is 13.3. The quantitative estimate of drug-likeness (QED) is 0.582. The Labute approximate surface area is 156 Å². The van der Waals surface area contributed by atoms with Crippen molar-refractivity contribution >= 4 is 49.9 Å². The van der Waals surface area contributed by atoms with Crippen molar-refractivity contribution in [3.05, 3.63) is 68.5 Å². The molecular weight excluding hydrogens is 374 g/mol. The molecule has 0 saturated heterocycles. The average molecular weight is 386 g/mol. The minimum atomic E-state index is -1.00. The number of nitrogens with zero attached hydrogens (tertiary/aromatic N) is 3. The summed E-state index contributed by atoms with van der Waals surface area (Å²) in [5.74, 6) is -1.00. The third-order valence-corrected chi connectivity index (χ3v) is 5.48. The summed E-state index contributed by atoms with van der Waals surface area (Å²) in [6.45, 7) is 0.159. The highest BCUT2D eigenvalue weighted by atomic mass is 35.5. The fraction of sp³-hybridized carbons (Fsp3) is 0.111. The van der Waals surface area contributed by atoms with Gasteiger partial charge in [-0.2, -0.15) is 5.10 Å². The van der Waals surface area contributed by atoms with Crippen LogP contribution in [0.15, 0.2) is 47.3 Å². The molecule has 0 saturated carbocycles. The van der Waals surface area contributed by atoms with Crippen LogP contribution in [0.1, 0.15) is 10.7 Å². The smallest absolute Gasteiger partial charge is 0.309 e. The number of benzene rings is 2. The fourth-order valence-electron chi connectivity index (χ4n) is 2.84. The normalized spacial score (nSPS) is 11.3. The molecule has 0 aliphatic heterocycles. The van der Waals surface area contributed by atoms with E-state index in [-0.39, 0.29) is 18.5 Å². The molecule has 2 aromatic heterocycles. The van der Waals surface area contributed by atoms with E-state index in [0.29, 0.717) is 26.5 Å². The number of carboxylic acid groups (broad SMARTS) is 1. The molecule has 0 atom stereocenters. The first-order valence-corrected chi connectivity index (χ1v) is 8.97. The molecule has 0 radical (unpaired) electrons. The van der Waals surface area contributed by atoms with Crippen LogP contribution in [0.2, 0.25) is 5.02 Å². The number of fused-ring (bicyclic) bond motifs is 2. The van der Waals surface area contributed by atoms with Gasteiger partial charge in [-0.3, -0.25) is 9.59 Å². The lowest BCUT2D eigenvalue weighted by Crippen LogP contribution is -2.26. The minimum absolute atomic E-state index is 0.159. The average Bonchev–Trinajstić information content (AvgIpc) is 3.03. The van der Waals surface area contributed by atoms with Crippen LogP contribution < -0.4 is 5.56 Å². The molecule has 0 amide bonds. The number of halogens is 1. The number of hydrogen-bond acceptors (Lipinski definition) is 5. The maximum atomic E-state index is 12.8. The van der Waals surface area contributed by atoms with Gasteiger partial charge in [-0.1, -0.05) is 35.9 Å². The summed E-state index contributed by atoms with van der Waals surface area (Å²) in [5.41, 5.74) is 0.837. The van der Waals surface area contributed by atoms with Gasteiger partial charge in [0.05, 0.1) is 39.3 Å². The molecule has 0 aliphatic carbocycles. The van der Waals surface area contributed by atoms with Gasteiger partial charge in [0.25, 0.3) is 5.56 Å². The maximum absolute atomic E-state index is 12.8. The van der Waals surface area contributed by atoms with Gasteiger partial charge >= 0.3 is 5.97 Å². The third kappa shape index (κ3) is 2.95. The summed E-state index contributed by atoms with van der Waals surface area (Å²) in [5, 5.41) is 15.7. The molecule has 2 aromatic carbocycles. The number of aliphatic carboxylic acids is 1. The molecule has 0 fully saturated rings. The van der Waals surface area contributed by atoms with Crippen LogP contribution in [0.25, 0.3) is 21.0 Å². The lowest BCUT2D eigenvalue weighted by Gasteiger charge is -2.08. The number of hydrogen-bond donors (Lipinski definition) is 1. The van der Waals surface area contributed by atoms with E-state index in [9.17, 15) is 9.59 Å². The second kappa shape index (κ2) is 6.51. The molecule has 4 aromatic rings. The number of aromatic nitrogens is 3. The van der Waals surface area contributed by atoms with Crippen molar-refractivity contribution in [3.8, 4) is 0 Å². The molecular formula is C18H12ClN3O3S. The van der Waals surface area contributed by atoms with Gasteiger partial charge in [-0.25, -0.2) is 9.67 Å². The molecule has 1 N–H and O–H groups in total. The fourth-order valence-corrected chi connectivity index (χ4v) is 4.08. The molecule has 130 valence electrons. The highest BCUT2D eigenvalue weighted by Crippen LogP contribution is 2.29. The minimum Gasteiger partial charge on any atom is -0.481 e. The second-order valence-corrected chi connectivity index (χ2v) is 7.21. The highest BCUT2D eigenvalue weighted by molar-refractivity contribution is 7.19. The van der Waals surface area contributed by atoms with Crippen LogP contribution in [0.3, 0.4) is 0 Å². The van der Waals surface area contributed by atoms with Crippen LogP contribution in [0, 0.1) is 0 Å². The van der Waals surface area contributed by atoms with E-state index in [1.807, 2.05) is 12.1 Å². The van der Waals surface area contributed by atoms with Crippen molar-refractivity contribution in [3.63, 3.8) is 0 Å². The molecule has 0 unspecified atom stereocenters. The highest BCUT2D eigenvalue weighted by Gasteiger charge is 2.15. The Balaban J connectivity index is 1.85. The van der Waals surface area contributed by atoms with Crippen molar-refractivity contribution in [2.24, 2.45) is 0 Å². The zero-order valence-corrected chi connectivity index (χ0v) is 14.9. The predicted octanol–water partition coefficient (Wildman–Crippen LogP) is 3.34. The number of carbonyl (C=O) groups is 1. The van der Waals surface area contributed by atoms with Crippen molar-refractivity contribution in [1.82, 2.24) is 14.8 Å². The monoisotopic (exact) mass is 385 g/mol. The van der Waals surface area contributed by atoms with Gasteiger partial charge in [0.15, 0.2) is 0 Å². The first-order valence-electron chi connectivity index (χ1n) is 7.77. The van der Waals surface area contributed by atoms with E-state index < -0.39 is 5.97 Å². The van der Waals surface area contributed by atoms with Crippen LogP contribution in [-0.2, 0) is 17.8 Å². The molecule has 2 heterocycles. The first-order chi connectivity index (χ1) is 12.5. The Kier molecular flexibility index (Phi) is 4.18. The molecule has 0 bridgehead atoms. The van der Waals surface area contributed by atoms with Crippen molar-refractivity contribution in [2.75, 3.05) is 0 Å². The molecule has 6 nitrogen and oxygen atoms in total. The van der Waals surface area contributed by atoms with E-state index in [2.05, 4.69) is 10.1 Å². The van der Waals surface area contributed by atoms with E-state index in [1.165, 1.54) is 16.0 Å². The number of carboxylic acids is 1. The van der Waals surface area contributed by atoms with Gasteiger partial charge in [0, 0.05) is 5.39 Å². The summed E-state index contributed by atoms with van der Waals surface area (Å²) < 4.78 is 2.12. The van der Waals surface area contributed by atoms with Crippen molar-refractivity contribution in [1.29, 1.82) is 0 Å². The van der Waals surface area contributed by atoms with E-state index in [1.54, 1.807) is 30.3 Å². The predicted molar refractivity (Wildman–Crippen MR) is 101 cm³/mol. The standard InChI is InChI=1S/C18H12ClN3O3S/c19-12-6-3-7-13-17(12)26-15(20-13)9-22-18(25)11-5-2-1-4-10(11)14(21-22)8-16(23)24/h1-7H,8-9H2,(H,23,24). The van der Waals surface area contributed by atoms with Crippen molar-refractivity contribution in [2.45, 2.75) is 13.0 Å². The van der Waals surface area contributed by atoms with Gasteiger partial charge < -0.3 is 5.11 Å². The number of rotatable bonds is 4. The van der Waals surface area contributed by atoms with Crippen LogP contribution in [-0.4, -0.2) is 25.8 Å². The topological polar surface area (TPSA) is 85.1 Å². The van der Waals surface area contributed by atoms with Gasteiger partial charge in [-0.15, -0.1) is 11.3 Å². The molecule has 26 heavy (non-hydrogen) atoms. The summed E-state index contributed by atoms with van der Waals surface area (Å²) >= 11 is 7.58.